The Labute approximate surface area is 235 Å². The van der Waals surface area contributed by atoms with Crippen molar-refractivity contribution in [3.8, 4) is 11.5 Å². The first-order valence-corrected chi connectivity index (χ1v) is 14.2. The predicted molar refractivity (Wildman–Crippen MR) is 155 cm³/mol. The lowest BCUT2D eigenvalue weighted by molar-refractivity contribution is -0.119. The van der Waals surface area contributed by atoms with Crippen molar-refractivity contribution in [2.75, 3.05) is 34.6 Å². The molecule has 2 aliphatic rings. The Balaban J connectivity index is 1.19. The number of benzene rings is 2. The molecule has 0 spiro atoms. The number of nitrogens with one attached hydrogen (secondary N) is 2. The molecule has 8 nitrogen and oxygen atoms in total. The molecular formula is C29H30Cl2N4O4. The summed E-state index contributed by atoms with van der Waals surface area (Å²) < 4.78 is 0. The fourth-order valence-electron chi connectivity index (χ4n) is 6.44. The van der Waals surface area contributed by atoms with Gasteiger partial charge in [-0.1, -0.05) is 0 Å². The Morgan fingerprint density at radius 1 is 0.821 bits per heavy atom. The number of phenolic OH excluding ortho intramolecular Hbond substituents is 2. The van der Waals surface area contributed by atoms with Crippen molar-refractivity contribution in [1.29, 1.82) is 0 Å². The maximum Gasteiger partial charge on any atom is 0.227 e. The zero-order valence-corrected chi connectivity index (χ0v) is 23.3. The fourth-order valence-corrected chi connectivity index (χ4v) is 6.94. The summed E-state index contributed by atoms with van der Waals surface area (Å²) in [4.78, 5) is 36.3. The summed E-state index contributed by atoms with van der Waals surface area (Å²) >= 11 is 12.6. The molecule has 2 aliphatic heterocycles. The lowest BCUT2D eigenvalue weighted by Crippen LogP contribution is -2.32. The number of nitrogens with zero attached hydrogens (tertiary/aromatic N) is 2. The summed E-state index contributed by atoms with van der Waals surface area (Å²) in [5.74, 6) is 0.610. The number of amides is 2. The highest BCUT2D eigenvalue weighted by molar-refractivity contribution is 6.19. The van der Waals surface area contributed by atoms with Gasteiger partial charge in [-0.25, -0.2) is 0 Å². The van der Waals surface area contributed by atoms with E-state index < -0.39 is 0 Å². The van der Waals surface area contributed by atoms with Crippen LogP contribution in [0, 0.1) is 13.8 Å². The van der Waals surface area contributed by atoms with Crippen LogP contribution in [-0.2, 0) is 9.59 Å². The van der Waals surface area contributed by atoms with Crippen LogP contribution in [0.4, 0.5) is 11.4 Å². The molecular weight excluding hydrogens is 539 g/mol. The number of phenols is 2. The van der Waals surface area contributed by atoms with Crippen molar-refractivity contribution >= 4 is 68.2 Å². The highest BCUT2D eigenvalue weighted by Gasteiger charge is 2.37. The van der Waals surface area contributed by atoms with Crippen LogP contribution in [0.2, 0.25) is 0 Å². The van der Waals surface area contributed by atoms with Crippen molar-refractivity contribution in [2.45, 2.75) is 44.9 Å². The topological polar surface area (TPSA) is 113 Å². The first kappa shape index (κ1) is 25.9. The van der Waals surface area contributed by atoms with E-state index in [1.165, 1.54) is 0 Å². The molecule has 0 radical (unpaired) electrons. The van der Waals surface area contributed by atoms with E-state index in [2.05, 4.69) is 9.97 Å². The summed E-state index contributed by atoms with van der Waals surface area (Å²) in [6, 6.07) is 3.26. The first-order chi connectivity index (χ1) is 18.7. The Kier molecular flexibility index (Phi) is 6.43. The number of hydrogen-bond donors (Lipinski definition) is 4. The van der Waals surface area contributed by atoms with Gasteiger partial charge in [-0.15, -0.1) is 23.2 Å². The molecule has 0 aliphatic carbocycles. The van der Waals surface area contributed by atoms with Gasteiger partial charge in [0.05, 0.1) is 22.4 Å². The molecule has 2 amide bonds. The number of anilines is 2. The van der Waals surface area contributed by atoms with Crippen LogP contribution in [0.1, 0.15) is 53.4 Å². The first-order valence-electron chi connectivity index (χ1n) is 13.1. The Morgan fingerprint density at radius 2 is 1.23 bits per heavy atom. The van der Waals surface area contributed by atoms with Crippen LogP contribution in [0.5, 0.6) is 11.5 Å². The van der Waals surface area contributed by atoms with E-state index in [0.717, 1.165) is 33.0 Å². The lowest BCUT2D eigenvalue weighted by atomic mass is 9.97. The van der Waals surface area contributed by atoms with E-state index in [1.54, 1.807) is 21.9 Å². The van der Waals surface area contributed by atoms with Crippen molar-refractivity contribution in [3.05, 3.63) is 46.8 Å². The van der Waals surface area contributed by atoms with Crippen molar-refractivity contribution in [3.63, 3.8) is 0 Å². The van der Waals surface area contributed by atoms with Gasteiger partial charge in [-0.05, 0) is 42.5 Å². The van der Waals surface area contributed by atoms with E-state index in [1.807, 2.05) is 26.2 Å². The van der Waals surface area contributed by atoms with Gasteiger partial charge in [-0.3, -0.25) is 9.59 Å². The molecule has 4 aromatic rings. The maximum atomic E-state index is 13.4. The number of fused-ring (bicyclic) bond motifs is 6. The van der Waals surface area contributed by atoms with E-state index in [0.29, 0.717) is 53.7 Å². The Morgan fingerprint density at radius 3 is 1.62 bits per heavy atom. The second kappa shape index (κ2) is 9.68. The third-order valence-electron chi connectivity index (χ3n) is 8.26. The molecule has 0 bridgehead atoms. The van der Waals surface area contributed by atoms with Crippen LogP contribution in [0.25, 0.3) is 21.8 Å². The average Bonchev–Trinajstić information content (AvgIpc) is 3.67. The molecule has 0 unspecified atom stereocenters. The van der Waals surface area contributed by atoms with Crippen LogP contribution in [0.3, 0.4) is 0 Å². The second-order valence-electron chi connectivity index (χ2n) is 10.7. The van der Waals surface area contributed by atoms with E-state index >= 15 is 0 Å². The number of aryl methyl sites for hydroxylation is 2. The summed E-state index contributed by atoms with van der Waals surface area (Å²) in [6.45, 7) is 4.81. The highest BCUT2D eigenvalue weighted by atomic mass is 35.5. The number of carbonyl (C=O) groups excluding carboxylic acids is 2. The average molecular weight is 569 g/mol. The van der Waals surface area contributed by atoms with Gasteiger partial charge in [-0.2, -0.15) is 0 Å². The van der Waals surface area contributed by atoms with Crippen molar-refractivity contribution in [2.24, 2.45) is 0 Å². The molecule has 204 valence electrons. The number of rotatable bonds is 6. The Bertz CT molecular complexity index is 1520. The monoisotopic (exact) mass is 568 g/mol. The Hall–Kier alpha value is -3.36. The smallest absolute Gasteiger partial charge is 0.227 e. The van der Waals surface area contributed by atoms with Gasteiger partial charge in [0.2, 0.25) is 11.8 Å². The summed E-state index contributed by atoms with van der Waals surface area (Å²) in [6.07, 6.45) is 4.44. The molecule has 4 N–H and O–H groups in total. The number of halogens is 2. The molecule has 2 aromatic carbocycles. The zero-order valence-electron chi connectivity index (χ0n) is 21.8. The predicted octanol–water partition coefficient (Wildman–Crippen LogP) is 5.89. The van der Waals surface area contributed by atoms with Gasteiger partial charge < -0.3 is 30.0 Å². The van der Waals surface area contributed by atoms with Gasteiger partial charge in [0.1, 0.15) is 11.5 Å². The summed E-state index contributed by atoms with van der Waals surface area (Å²) in [5, 5.41) is 23.0. The van der Waals surface area contributed by atoms with Gasteiger partial charge >= 0.3 is 0 Å². The van der Waals surface area contributed by atoms with Gasteiger partial charge in [0.25, 0.3) is 0 Å². The SMILES string of the molecule is Cc1c[nH]c2c(O)cc3c(c12)[C@H](CCl)CN3C(=O)CCCC(=O)N1C[C@@H](CCl)c2c1cc(O)c1[nH]cc(C)c21. The van der Waals surface area contributed by atoms with Crippen LogP contribution >= 0.6 is 23.2 Å². The minimum absolute atomic E-state index is 0.0418. The molecule has 4 heterocycles. The molecule has 0 fully saturated rings. The van der Waals surface area contributed by atoms with Crippen LogP contribution < -0.4 is 9.80 Å². The fraction of sp³-hybridized carbons (Fsp3) is 0.379. The minimum Gasteiger partial charge on any atom is -0.506 e. The van der Waals surface area contributed by atoms with Crippen molar-refractivity contribution < 1.29 is 19.8 Å². The minimum atomic E-state index is -0.105. The molecule has 0 saturated heterocycles. The number of hydrogen-bond acceptors (Lipinski definition) is 4. The third kappa shape index (κ3) is 3.95. The normalized spacial score (nSPS) is 18.4. The molecule has 2 atom stereocenters. The zero-order chi connectivity index (χ0) is 27.6. The summed E-state index contributed by atoms with van der Waals surface area (Å²) in [5.41, 5.74) is 6.62. The second-order valence-corrected chi connectivity index (χ2v) is 11.3. The third-order valence-corrected chi connectivity index (χ3v) is 9.01. The molecule has 10 heteroatoms. The summed E-state index contributed by atoms with van der Waals surface area (Å²) in [7, 11) is 0. The van der Waals surface area contributed by atoms with Crippen LogP contribution in [-0.4, -0.2) is 56.8 Å². The molecule has 0 saturated carbocycles. The lowest BCUT2D eigenvalue weighted by Gasteiger charge is -2.20. The molecule has 6 rings (SSSR count). The number of aromatic hydroxyl groups is 2. The molecule has 39 heavy (non-hydrogen) atoms. The number of aromatic nitrogens is 2. The van der Waals surface area contributed by atoms with E-state index in [4.69, 9.17) is 23.2 Å². The largest absolute Gasteiger partial charge is 0.506 e. The number of alkyl halides is 2. The molecule has 2 aromatic heterocycles. The van der Waals surface area contributed by atoms with E-state index in [-0.39, 0.29) is 48.0 Å². The van der Waals surface area contributed by atoms with Crippen LogP contribution in [0.15, 0.2) is 24.5 Å². The number of aromatic amines is 2. The van der Waals surface area contributed by atoms with Gasteiger partial charge in [0.15, 0.2) is 0 Å². The maximum absolute atomic E-state index is 13.4. The quantitative estimate of drug-likeness (QED) is 0.217. The number of carbonyl (C=O) groups is 2. The van der Waals surface area contributed by atoms with E-state index in [9.17, 15) is 19.8 Å². The number of H-pyrrole nitrogens is 2. The van der Waals surface area contributed by atoms with Gasteiger partial charge in [0, 0.05) is 84.8 Å². The van der Waals surface area contributed by atoms with Crippen molar-refractivity contribution in [1.82, 2.24) is 9.97 Å². The standard InChI is InChI=1S/C29H30Cl2N4O4/c1-14-10-32-28-20(36)6-18-26(24(14)28)16(8-30)12-34(18)22(38)4-3-5-23(39)35-13-17(9-31)27-19(35)7-21(37)29-25(27)15(2)11-33-29/h6-7,10-11,16-17,32-33,36-37H,3-5,8-9,12-13H2,1-2H3/t16-,17-/m1/s1. The highest BCUT2D eigenvalue weighted by Crippen LogP contribution is 2.47.